The van der Waals surface area contributed by atoms with Crippen molar-refractivity contribution in [3.05, 3.63) is 46.5 Å². The van der Waals surface area contributed by atoms with Crippen LogP contribution in [0.3, 0.4) is 0 Å². The number of carbonyl (C=O) groups is 1. The van der Waals surface area contributed by atoms with Gasteiger partial charge in [0.15, 0.2) is 5.96 Å². The van der Waals surface area contributed by atoms with Crippen LogP contribution < -0.4 is 16.0 Å². The van der Waals surface area contributed by atoms with Gasteiger partial charge in [-0.25, -0.2) is 0 Å². The van der Waals surface area contributed by atoms with E-state index in [1.54, 1.807) is 24.6 Å². The quantitative estimate of drug-likeness (QED) is 0.256. The topological polar surface area (TPSA) is 81.9 Å². The van der Waals surface area contributed by atoms with Crippen LogP contribution in [0.2, 0.25) is 0 Å². The molecule has 166 valence electrons. The van der Waals surface area contributed by atoms with Crippen molar-refractivity contribution in [1.82, 2.24) is 20.9 Å². The van der Waals surface area contributed by atoms with Crippen molar-refractivity contribution in [3.8, 4) is 0 Å². The van der Waals surface area contributed by atoms with Gasteiger partial charge in [0, 0.05) is 57.0 Å². The van der Waals surface area contributed by atoms with Gasteiger partial charge in [0.05, 0.1) is 12.8 Å². The van der Waals surface area contributed by atoms with E-state index in [4.69, 9.17) is 9.41 Å². The first-order valence-electron chi connectivity index (χ1n) is 10.3. The third-order valence-corrected chi connectivity index (χ3v) is 5.96. The molecule has 0 bridgehead atoms. The van der Waals surface area contributed by atoms with Crippen LogP contribution in [0.5, 0.6) is 0 Å². The molecule has 3 N–H and O–H groups in total. The molecule has 0 radical (unpaired) electrons. The Morgan fingerprint density at radius 1 is 1.27 bits per heavy atom. The predicted molar refractivity (Wildman–Crippen MR) is 133 cm³/mol. The number of rotatable bonds is 9. The third kappa shape index (κ3) is 8.65. The largest absolute Gasteiger partial charge is 0.469 e. The van der Waals surface area contributed by atoms with Crippen molar-refractivity contribution in [3.63, 3.8) is 0 Å². The molecular weight excluding hydrogens is 513 g/mol. The molecule has 1 aliphatic heterocycles. The fraction of sp³-hybridized carbons (Fsp3) is 0.524. The van der Waals surface area contributed by atoms with E-state index in [0.29, 0.717) is 12.6 Å². The highest BCUT2D eigenvalue weighted by atomic mass is 127. The summed E-state index contributed by atoms with van der Waals surface area (Å²) >= 11 is 1.77. The Hall–Kier alpha value is -1.59. The van der Waals surface area contributed by atoms with Crippen LogP contribution in [0.1, 0.15) is 23.5 Å². The van der Waals surface area contributed by atoms with Gasteiger partial charge in [0.2, 0.25) is 5.91 Å². The average molecular weight is 545 g/mol. The summed E-state index contributed by atoms with van der Waals surface area (Å²) in [6, 6.07) is 8.50. The summed E-state index contributed by atoms with van der Waals surface area (Å²) in [6.45, 7) is 3.84. The summed E-state index contributed by atoms with van der Waals surface area (Å²) in [7, 11) is 1.68. The van der Waals surface area contributed by atoms with Crippen LogP contribution >= 0.6 is 35.3 Å². The zero-order valence-corrected chi connectivity index (χ0v) is 20.6. The van der Waals surface area contributed by atoms with E-state index < -0.39 is 0 Å². The Labute approximate surface area is 199 Å². The van der Waals surface area contributed by atoms with Crippen molar-refractivity contribution in [2.24, 2.45) is 4.99 Å². The number of amides is 1. The summed E-state index contributed by atoms with van der Waals surface area (Å²) in [4.78, 5) is 19.9. The molecule has 0 aromatic carbocycles. The lowest BCUT2D eigenvalue weighted by Gasteiger charge is -2.32. The number of halogens is 1. The molecule has 0 aliphatic carbocycles. The predicted octanol–water partition coefficient (Wildman–Crippen LogP) is 2.49. The van der Waals surface area contributed by atoms with Crippen molar-refractivity contribution >= 4 is 47.2 Å². The van der Waals surface area contributed by atoms with E-state index >= 15 is 0 Å². The molecule has 3 heterocycles. The van der Waals surface area contributed by atoms with E-state index in [0.717, 1.165) is 63.6 Å². The average Bonchev–Trinajstić information content (AvgIpc) is 3.43. The third-order valence-electron chi connectivity index (χ3n) is 5.03. The van der Waals surface area contributed by atoms with E-state index in [1.165, 1.54) is 4.88 Å². The van der Waals surface area contributed by atoms with Gasteiger partial charge in [0.1, 0.15) is 5.76 Å². The highest BCUT2D eigenvalue weighted by Crippen LogP contribution is 2.11. The number of carbonyl (C=O) groups excluding carboxylic acids is 1. The Kier molecular flexibility index (Phi) is 11.2. The zero-order valence-electron chi connectivity index (χ0n) is 17.4. The van der Waals surface area contributed by atoms with E-state index in [9.17, 15) is 4.79 Å². The molecule has 0 unspecified atom stereocenters. The second-order valence-corrected chi connectivity index (χ2v) is 8.22. The molecule has 9 heteroatoms. The minimum atomic E-state index is 0. The second-order valence-electron chi connectivity index (χ2n) is 7.18. The summed E-state index contributed by atoms with van der Waals surface area (Å²) in [5.41, 5.74) is 0. The van der Waals surface area contributed by atoms with Crippen molar-refractivity contribution < 1.29 is 9.21 Å². The number of hydrogen-bond acceptors (Lipinski definition) is 5. The maximum absolute atomic E-state index is 11.6. The van der Waals surface area contributed by atoms with E-state index in [-0.39, 0.29) is 29.9 Å². The second kappa shape index (κ2) is 13.7. The van der Waals surface area contributed by atoms with Crippen LogP contribution in [0.25, 0.3) is 0 Å². The van der Waals surface area contributed by atoms with Gasteiger partial charge in [-0.3, -0.25) is 14.7 Å². The van der Waals surface area contributed by atoms with Crippen LogP contribution in [0, 0.1) is 0 Å². The molecule has 7 nitrogen and oxygen atoms in total. The molecule has 1 aliphatic rings. The van der Waals surface area contributed by atoms with Crippen LogP contribution in [-0.4, -0.2) is 62.6 Å². The highest BCUT2D eigenvalue weighted by Gasteiger charge is 2.21. The summed E-state index contributed by atoms with van der Waals surface area (Å²) in [5, 5.41) is 11.8. The van der Waals surface area contributed by atoms with E-state index in [2.05, 4.69) is 38.4 Å². The first-order chi connectivity index (χ1) is 14.2. The van der Waals surface area contributed by atoms with Crippen LogP contribution in [0.15, 0.2) is 45.3 Å². The van der Waals surface area contributed by atoms with Gasteiger partial charge in [-0.2, -0.15) is 0 Å². The minimum Gasteiger partial charge on any atom is -0.469 e. The number of hydrogen-bond donors (Lipinski definition) is 3. The molecule has 3 rings (SSSR count). The number of nitrogens with zero attached hydrogens (tertiary/aromatic N) is 2. The Morgan fingerprint density at radius 3 is 2.77 bits per heavy atom. The molecule has 0 spiro atoms. The highest BCUT2D eigenvalue weighted by molar-refractivity contribution is 14.0. The number of aliphatic imine (C=N–C) groups is 1. The van der Waals surface area contributed by atoms with Gasteiger partial charge < -0.3 is 20.4 Å². The number of piperidine rings is 1. The van der Waals surface area contributed by atoms with Crippen molar-refractivity contribution in [2.75, 3.05) is 39.8 Å². The fourth-order valence-corrected chi connectivity index (χ4v) is 4.05. The molecule has 2 aromatic rings. The standard InChI is InChI=1S/C21H31N5O2S.HI/c1-22-20(27)16-26-12-8-17(9-13-26)25-21(23-10-6-18-4-2-14-28-18)24-11-7-19-5-3-15-29-19;/h2-5,14-15,17H,6-13,16H2,1H3,(H,22,27)(H2,23,24,25);1H. The van der Waals surface area contributed by atoms with Crippen LogP contribution in [0.4, 0.5) is 0 Å². The number of likely N-dealkylation sites (tertiary alicyclic amines) is 1. The SMILES string of the molecule is CNC(=O)CN1CCC(NC(=NCCc2cccs2)NCCc2ccco2)CC1.I. The zero-order chi connectivity index (χ0) is 20.3. The molecule has 0 saturated carbocycles. The molecule has 1 amide bonds. The molecule has 30 heavy (non-hydrogen) atoms. The van der Waals surface area contributed by atoms with Gasteiger partial charge >= 0.3 is 0 Å². The van der Waals surface area contributed by atoms with Crippen molar-refractivity contribution in [1.29, 1.82) is 0 Å². The molecule has 1 fully saturated rings. The lowest BCUT2D eigenvalue weighted by molar-refractivity contribution is -0.122. The molecule has 0 atom stereocenters. The lowest BCUT2D eigenvalue weighted by atomic mass is 10.1. The van der Waals surface area contributed by atoms with Crippen LogP contribution in [-0.2, 0) is 17.6 Å². The smallest absolute Gasteiger partial charge is 0.233 e. The van der Waals surface area contributed by atoms with Gasteiger partial charge in [-0.05, 0) is 36.4 Å². The summed E-state index contributed by atoms with van der Waals surface area (Å²) < 4.78 is 5.41. The normalized spacial score (nSPS) is 15.4. The monoisotopic (exact) mass is 545 g/mol. The van der Waals surface area contributed by atoms with Gasteiger partial charge in [-0.15, -0.1) is 35.3 Å². The van der Waals surface area contributed by atoms with Crippen molar-refractivity contribution in [2.45, 2.75) is 31.7 Å². The maximum Gasteiger partial charge on any atom is 0.233 e. The number of nitrogens with one attached hydrogen (secondary N) is 3. The number of likely N-dealkylation sites (N-methyl/N-ethyl adjacent to an activating group) is 1. The van der Waals surface area contributed by atoms with Gasteiger partial charge in [0.25, 0.3) is 0 Å². The lowest BCUT2D eigenvalue weighted by Crippen LogP contribution is -2.50. The molecule has 2 aromatic heterocycles. The Balaban J connectivity index is 0.00000320. The number of furan rings is 1. The Bertz CT molecular complexity index is 744. The maximum atomic E-state index is 11.6. The minimum absolute atomic E-state index is 0. The molecular formula is C21H32IN5O2S. The summed E-state index contributed by atoms with van der Waals surface area (Å²) in [5.74, 6) is 1.91. The molecule has 1 saturated heterocycles. The first kappa shape index (κ1) is 24.7. The fourth-order valence-electron chi connectivity index (χ4n) is 3.36. The summed E-state index contributed by atoms with van der Waals surface area (Å²) in [6.07, 6.45) is 5.48. The first-order valence-corrected chi connectivity index (χ1v) is 11.1. The van der Waals surface area contributed by atoms with Gasteiger partial charge in [-0.1, -0.05) is 6.07 Å². The number of thiophene rings is 1. The number of guanidine groups is 1. The Morgan fingerprint density at radius 2 is 2.10 bits per heavy atom. The van der Waals surface area contributed by atoms with E-state index in [1.807, 2.05) is 12.1 Å².